The lowest BCUT2D eigenvalue weighted by Gasteiger charge is -2.12. The van der Waals surface area contributed by atoms with Crippen LogP contribution in [0.15, 0.2) is 83.3 Å². The summed E-state index contributed by atoms with van der Waals surface area (Å²) in [6, 6.07) is 28.4. The molecule has 0 spiro atoms. The minimum Gasteiger partial charge on any atom is -0.455 e. The summed E-state index contributed by atoms with van der Waals surface area (Å²) in [4.78, 5) is 0. The Bertz CT molecular complexity index is 1690. The summed E-state index contributed by atoms with van der Waals surface area (Å²) in [7, 11) is 0. The fraction of sp³-hybridized carbons (Fsp3) is 0.138. The van der Waals surface area contributed by atoms with Crippen molar-refractivity contribution in [3.8, 4) is 11.3 Å². The molecular formula is C29H22NO+. The maximum Gasteiger partial charge on any atom is 0.225 e. The number of furan rings is 1. The molecule has 2 nitrogen and oxygen atoms in total. The van der Waals surface area contributed by atoms with Crippen molar-refractivity contribution in [3.05, 3.63) is 90.0 Å². The zero-order valence-electron chi connectivity index (χ0n) is 17.6. The monoisotopic (exact) mass is 400 g/mol. The van der Waals surface area contributed by atoms with E-state index in [-0.39, 0.29) is 0 Å². The van der Waals surface area contributed by atoms with Gasteiger partial charge in [0.05, 0.1) is 10.9 Å². The van der Waals surface area contributed by atoms with Gasteiger partial charge in [-0.2, -0.15) is 4.57 Å². The van der Waals surface area contributed by atoms with Gasteiger partial charge in [-0.15, -0.1) is 0 Å². The van der Waals surface area contributed by atoms with Gasteiger partial charge in [-0.1, -0.05) is 68.4 Å². The van der Waals surface area contributed by atoms with E-state index in [1.807, 2.05) is 0 Å². The molecule has 0 N–H and O–H groups in total. The topological polar surface area (TPSA) is 17.0 Å². The minimum absolute atomic E-state index is 0.460. The van der Waals surface area contributed by atoms with E-state index in [4.69, 9.17) is 4.42 Å². The number of fused-ring (bicyclic) bond motifs is 12. The number of pyridine rings is 1. The van der Waals surface area contributed by atoms with E-state index < -0.39 is 0 Å². The van der Waals surface area contributed by atoms with Gasteiger partial charge < -0.3 is 4.42 Å². The Hall–Kier alpha value is -3.65. The van der Waals surface area contributed by atoms with Gasteiger partial charge in [0.15, 0.2) is 12.1 Å². The van der Waals surface area contributed by atoms with Crippen LogP contribution in [0.1, 0.15) is 30.9 Å². The summed E-state index contributed by atoms with van der Waals surface area (Å²) in [5.74, 6) is 0.460. The molecule has 148 valence electrons. The maximum absolute atomic E-state index is 6.46. The van der Waals surface area contributed by atoms with Gasteiger partial charge in [-0.05, 0) is 40.5 Å². The Morgan fingerprint density at radius 3 is 2.26 bits per heavy atom. The van der Waals surface area contributed by atoms with Gasteiger partial charge in [0.1, 0.15) is 11.0 Å². The third-order valence-electron chi connectivity index (χ3n) is 6.92. The molecule has 0 aliphatic carbocycles. The highest BCUT2D eigenvalue weighted by molar-refractivity contribution is 6.18. The fourth-order valence-electron chi connectivity index (χ4n) is 5.55. The highest BCUT2D eigenvalue weighted by Gasteiger charge is 2.36. The highest BCUT2D eigenvalue weighted by Crippen LogP contribution is 2.44. The Kier molecular flexibility index (Phi) is 3.28. The van der Waals surface area contributed by atoms with Crippen molar-refractivity contribution >= 4 is 43.6 Å². The van der Waals surface area contributed by atoms with Crippen molar-refractivity contribution in [2.24, 2.45) is 0 Å². The van der Waals surface area contributed by atoms with E-state index in [0.29, 0.717) is 5.92 Å². The first kappa shape index (κ1) is 17.1. The van der Waals surface area contributed by atoms with Gasteiger partial charge in [-0.25, -0.2) is 0 Å². The summed E-state index contributed by atoms with van der Waals surface area (Å²) in [5.41, 5.74) is 8.66. The Morgan fingerprint density at radius 1 is 0.774 bits per heavy atom. The second-order valence-corrected chi connectivity index (χ2v) is 8.95. The van der Waals surface area contributed by atoms with Crippen LogP contribution in [0.4, 0.5) is 0 Å². The molecule has 0 saturated carbocycles. The normalized spacial score (nSPS) is 13.0. The van der Waals surface area contributed by atoms with E-state index in [1.165, 1.54) is 54.8 Å². The number of aromatic nitrogens is 1. The molecule has 0 bridgehead atoms. The summed E-state index contributed by atoms with van der Waals surface area (Å²) >= 11 is 0. The van der Waals surface area contributed by atoms with Crippen LogP contribution in [-0.2, 0) is 6.54 Å². The zero-order valence-corrected chi connectivity index (χ0v) is 17.6. The van der Waals surface area contributed by atoms with Crippen molar-refractivity contribution in [3.63, 3.8) is 0 Å². The average Bonchev–Trinajstić information content (AvgIpc) is 3.37. The van der Waals surface area contributed by atoms with Crippen LogP contribution in [0, 0.1) is 0 Å². The molecule has 1 aliphatic rings. The SMILES string of the molecule is CC(C)c1cc2c(c3ccccc13)C[n+]1c-2c2c3ccccc3oc2c2ccccc21. The Labute approximate surface area is 180 Å². The molecule has 7 rings (SSSR count). The highest BCUT2D eigenvalue weighted by atomic mass is 16.3. The van der Waals surface area contributed by atoms with Crippen molar-refractivity contribution in [2.75, 3.05) is 0 Å². The third kappa shape index (κ3) is 2.14. The molecule has 4 aromatic carbocycles. The number of rotatable bonds is 1. The second kappa shape index (κ2) is 5.95. The smallest absolute Gasteiger partial charge is 0.225 e. The van der Waals surface area contributed by atoms with Gasteiger partial charge >= 0.3 is 0 Å². The first-order valence-corrected chi connectivity index (χ1v) is 11.0. The van der Waals surface area contributed by atoms with Crippen molar-refractivity contribution < 1.29 is 8.98 Å². The lowest BCUT2D eigenvalue weighted by Crippen LogP contribution is -2.33. The number of hydrogen-bond acceptors (Lipinski definition) is 1. The van der Waals surface area contributed by atoms with E-state index >= 15 is 0 Å². The molecule has 0 unspecified atom stereocenters. The van der Waals surface area contributed by atoms with Crippen LogP contribution in [0.2, 0.25) is 0 Å². The average molecular weight is 401 g/mol. The molecule has 2 heteroatoms. The molecule has 0 amide bonds. The molecule has 0 radical (unpaired) electrons. The number of hydrogen-bond donors (Lipinski definition) is 0. The number of benzene rings is 4. The van der Waals surface area contributed by atoms with E-state index in [2.05, 4.69) is 97.3 Å². The van der Waals surface area contributed by atoms with Crippen molar-refractivity contribution in [1.82, 2.24) is 0 Å². The standard InChI is InChI=1S/C29H22NO/c1-17(2)22-15-23-24(19-10-4-3-9-18(19)22)16-30-25-13-7-5-11-20(25)29-27(28(23)30)21-12-6-8-14-26(21)31-29/h3-15,17H,16H2,1-2H3/q+1. The van der Waals surface area contributed by atoms with Crippen molar-refractivity contribution in [1.29, 1.82) is 0 Å². The third-order valence-corrected chi connectivity index (χ3v) is 6.92. The lowest BCUT2D eigenvalue weighted by molar-refractivity contribution is -0.644. The largest absolute Gasteiger partial charge is 0.455 e. The molecule has 1 aliphatic heterocycles. The molecule has 3 heterocycles. The van der Waals surface area contributed by atoms with Gasteiger partial charge in [-0.3, -0.25) is 0 Å². The van der Waals surface area contributed by atoms with Crippen LogP contribution in [0.3, 0.4) is 0 Å². The zero-order chi connectivity index (χ0) is 20.7. The van der Waals surface area contributed by atoms with Crippen LogP contribution in [-0.4, -0.2) is 0 Å². The van der Waals surface area contributed by atoms with Gasteiger partial charge in [0, 0.05) is 17.0 Å². The predicted molar refractivity (Wildman–Crippen MR) is 128 cm³/mol. The summed E-state index contributed by atoms with van der Waals surface area (Å²) in [6.45, 7) is 5.47. The lowest BCUT2D eigenvalue weighted by atomic mass is 9.89. The second-order valence-electron chi connectivity index (χ2n) is 8.95. The summed E-state index contributed by atoms with van der Waals surface area (Å²) < 4.78 is 8.96. The summed E-state index contributed by atoms with van der Waals surface area (Å²) in [5, 5.41) is 6.36. The maximum atomic E-state index is 6.46. The molecule has 0 atom stereocenters. The van der Waals surface area contributed by atoms with E-state index in [0.717, 1.165) is 17.7 Å². The molecule has 0 fully saturated rings. The van der Waals surface area contributed by atoms with E-state index in [9.17, 15) is 0 Å². The van der Waals surface area contributed by atoms with Crippen LogP contribution in [0.5, 0.6) is 0 Å². The predicted octanol–water partition coefficient (Wildman–Crippen LogP) is 7.33. The van der Waals surface area contributed by atoms with Crippen molar-refractivity contribution in [2.45, 2.75) is 26.3 Å². The quantitative estimate of drug-likeness (QED) is 0.264. The number of nitrogens with zero attached hydrogens (tertiary/aromatic N) is 1. The fourth-order valence-corrected chi connectivity index (χ4v) is 5.55. The molecule has 0 saturated heterocycles. The van der Waals surface area contributed by atoms with Crippen LogP contribution in [0.25, 0.3) is 54.9 Å². The molecular weight excluding hydrogens is 378 g/mol. The minimum atomic E-state index is 0.460. The van der Waals surface area contributed by atoms with Gasteiger partial charge in [0.25, 0.3) is 0 Å². The summed E-state index contributed by atoms with van der Waals surface area (Å²) in [6.07, 6.45) is 0. The van der Waals surface area contributed by atoms with Gasteiger partial charge in [0.2, 0.25) is 11.2 Å². The van der Waals surface area contributed by atoms with Crippen LogP contribution < -0.4 is 4.57 Å². The molecule has 6 aromatic rings. The molecule has 2 aromatic heterocycles. The van der Waals surface area contributed by atoms with Crippen LogP contribution >= 0.6 is 0 Å². The Balaban J connectivity index is 1.75. The molecule has 31 heavy (non-hydrogen) atoms. The first-order chi connectivity index (χ1) is 15.2. The number of para-hydroxylation sites is 2. The first-order valence-electron chi connectivity index (χ1n) is 11.0. The Morgan fingerprint density at radius 2 is 1.45 bits per heavy atom. The van der Waals surface area contributed by atoms with E-state index in [1.54, 1.807) is 0 Å².